The minimum Gasteiger partial charge on any atom is -0.198 e. The molecular weight excluding hydrogens is 388 g/mol. The Morgan fingerprint density at radius 2 is 1.19 bits per heavy atom. The third-order valence-corrected chi connectivity index (χ3v) is 6.68. The summed E-state index contributed by atoms with van der Waals surface area (Å²) >= 11 is 0. The Bertz CT molecular complexity index is 1040. The van der Waals surface area contributed by atoms with E-state index >= 15 is 0 Å². The lowest BCUT2D eigenvalue weighted by Crippen LogP contribution is -2.35. The quantitative estimate of drug-likeness (QED) is 0.243. The number of rotatable bonds is 9. The first-order valence-corrected chi connectivity index (χ1v) is 12.6. The van der Waals surface area contributed by atoms with Gasteiger partial charge in [0, 0.05) is 12.8 Å². The highest BCUT2D eigenvalue weighted by Gasteiger charge is 2.28. The lowest BCUT2D eigenvalue weighted by atomic mass is 10.0. The van der Waals surface area contributed by atoms with Crippen molar-refractivity contribution in [3.8, 4) is 11.4 Å². The molecule has 1 aromatic heterocycles. The lowest BCUT2D eigenvalue weighted by molar-refractivity contribution is -0.604. The standard InChI is InChI=1S/C30H43N2/c1-9-11-13-15-28-27(14-12-10-2)31(29-23(5)16-21(3)17-24(29)6)20-32(28)30-25(7)18-22(4)19-26(30)8/h16-20H,9-15H2,1-8H3/q+1. The Hall–Kier alpha value is -2.35. The smallest absolute Gasteiger partial charge is 0.198 e. The second kappa shape index (κ2) is 10.5. The van der Waals surface area contributed by atoms with Gasteiger partial charge in [0.25, 0.3) is 6.33 Å². The summed E-state index contributed by atoms with van der Waals surface area (Å²) in [4.78, 5) is 0. The largest absolute Gasteiger partial charge is 0.254 e. The molecule has 172 valence electrons. The van der Waals surface area contributed by atoms with E-state index in [0.29, 0.717) is 0 Å². The summed E-state index contributed by atoms with van der Waals surface area (Å²) in [5.41, 5.74) is 13.8. The number of benzene rings is 2. The summed E-state index contributed by atoms with van der Waals surface area (Å²) < 4.78 is 5.06. The van der Waals surface area contributed by atoms with Gasteiger partial charge in [0.1, 0.15) is 11.4 Å². The Morgan fingerprint density at radius 1 is 0.656 bits per heavy atom. The van der Waals surface area contributed by atoms with Gasteiger partial charge in [0.2, 0.25) is 0 Å². The van der Waals surface area contributed by atoms with Crippen molar-refractivity contribution in [1.82, 2.24) is 4.57 Å². The van der Waals surface area contributed by atoms with Crippen molar-refractivity contribution in [3.05, 3.63) is 75.4 Å². The lowest BCUT2D eigenvalue weighted by Gasteiger charge is -2.11. The summed E-state index contributed by atoms with van der Waals surface area (Å²) in [5.74, 6) is 0. The average molecular weight is 432 g/mol. The Kier molecular flexibility index (Phi) is 7.98. The number of hydrogen-bond acceptors (Lipinski definition) is 0. The monoisotopic (exact) mass is 431 g/mol. The van der Waals surface area contributed by atoms with Crippen molar-refractivity contribution in [3.63, 3.8) is 0 Å². The fourth-order valence-corrected chi connectivity index (χ4v) is 5.44. The molecule has 0 saturated heterocycles. The van der Waals surface area contributed by atoms with E-state index in [1.54, 1.807) is 0 Å². The van der Waals surface area contributed by atoms with Crippen LogP contribution in [-0.2, 0) is 12.8 Å². The first-order chi connectivity index (χ1) is 15.3. The molecule has 0 saturated carbocycles. The number of aromatic nitrogens is 2. The van der Waals surface area contributed by atoms with Crippen molar-refractivity contribution in [2.75, 3.05) is 0 Å². The van der Waals surface area contributed by atoms with E-state index in [-0.39, 0.29) is 0 Å². The minimum absolute atomic E-state index is 1.13. The highest BCUT2D eigenvalue weighted by Crippen LogP contribution is 2.27. The predicted molar refractivity (Wildman–Crippen MR) is 138 cm³/mol. The number of imidazole rings is 1. The van der Waals surface area contributed by atoms with Crippen LogP contribution in [-0.4, -0.2) is 4.57 Å². The van der Waals surface area contributed by atoms with Crippen LogP contribution in [0.25, 0.3) is 11.4 Å². The molecule has 2 nitrogen and oxygen atoms in total. The van der Waals surface area contributed by atoms with Crippen LogP contribution in [0.5, 0.6) is 0 Å². The first-order valence-electron chi connectivity index (χ1n) is 12.6. The molecule has 1 heterocycles. The summed E-state index contributed by atoms with van der Waals surface area (Å²) in [7, 11) is 0. The topological polar surface area (TPSA) is 8.81 Å². The van der Waals surface area contributed by atoms with Crippen molar-refractivity contribution in [2.45, 2.75) is 100 Å². The van der Waals surface area contributed by atoms with E-state index in [1.165, 1.54) is 88.2 Å². The van der Waals surface area contributed by atoms with Crippen molar-refractivity contribution in [1.29, 1.82) is 0 Å². The first kappa shape index (κ1) is 24.3. The predicted octanol–water partition coefficient (Wildman–Crippen LogP) is 7.68. The third kappa shape index (κ3) is 5.00. The molecular formula is C30H43N2+. The van der Waals surface area contributed by atoms with Crippen molar-refractivity contribution >= 4 is 0 Å². The molecule has 0 amide bonds. The van der Waals surface area contributed by atoms with Gasteiger partial charge in [0.15, 0.2) is 11.4 Å². The normalized spacial score (nSPS) is 11.4. The Labute approximate surface area is 196 Å². The highest BCUT2D eigenvalue weighted by atomic mass is 15.2. The summed E-state index contributed by atoms with van der Waals surface area (Å²) in [6.45, 7) is 18.1. The molecule has 3 rings (SSSR count). The van der Waals surface area contributed by atoms with Crippen LogP contribution in [0.2, 0.25) is 0 Å². The molecule has 0 fully saturated rings. The van der Waals surface area contributed by atoms with Crippen LogP contribution in [0, 0.1) is 41.5 Å². The van der Waals surface area contributed by atoms with E-state index in [0.717, 1.165) is 12.8 Å². The van der Waals surface area contributed by atoms with Crippen molar-refractivity contribution < 1.29 is 4.57 Å². The zero-order chi connectivity index (χ0) is 23.4. The van der Waals surface area contributed by atoms with Crippen molar-refractivity contribution in [2.24, 2.45) is 0 Å². The SMILES string of the molecule is CCCCCc1c(CCCC)[n+](-c2c(C)cc(C)cc2C)cn1-c1c(C)cc(C)cc1C. The molecule has 0 radical (unpaired) electrons. The molecule has 0 N–H and O–H groups in total. The zero-order valence-electron chi connectivity index (χ0n) is 21.7. The maximum atomic E-state index is 2.53. The number of hydrogen-bond donors (Lipinski definition) is 0. The Morgan fingerprint density at radius 3 is 1.72 bits per heavy atom. The van der Waals surface area contributed by atoms with E-state index in [9.17, 15) is 0 Å². The minimum atomic E-state index is 1.13. The number of aryl methyl sites for hydroxylation is 6. The van der Waals surface area contributed by atoms with Crippen LogP contribution < -0.4 is 4.57 Å². The fourth-order valence-electron chi connectivity index (χ4n) is 5.44. The van der Waals surface area contributed by atoms with Crippen LogP contribution in [0.15, 0.2) is 30.6 Å². The molecule has 2 aromatic carbocycles. The van der Waals surface area contributed by atoms with Gasteiger partial charge in [-0.2, -0.15) is 9.13 Å². The van der Waals surface area contributed by atoms with Gasteiger partial charge in [-0.3, -0.25) is 0 Å². The third-order valence-electron chi connectivity index (χ3n) is 6.68. The maximum absolute atomic E-state index is 2.53. The molecule has 0 aliphatic rings. The highest BCUT2D eigenvalue weighted by molar-refractivity contribution is 5.51. The van der Waals surface area contributed by atoms with Gasteiger partial charge in [-0.1, -0.05) is 68.5 Å². The second-order valence-electron chi connectivity index (χ2n) is 9.80. The maximum Gasteiger partial charge on any atom is 0.254 e. The van der Waals surface area contributed by atoms with Crippen LogP contribution in [0.1, 0.15) is 90.7 Å². The summed E-state index contributed by atoms with van der Waals surface area (Å²) in [6, 6.07) is 9.32. The van der Waals surface area contributed by atoms with Gasteiger partial charge in [-0.05, 0) is 76.6 Å². The van der Waals surface area contributed by atoms with Crippen LogP contribution >= 0.6 is 0 Å². The van der Waals surface area contributed by atoms with Gasteiger partial charge < -0.3 is 0 Å². The summed E-state index contributed by atoms with van der Waals surface area (Å²) in [5, 5.41) is 0. The van der Waals surface area contributed by atoms with Gasteiger partial charge >= 0.3 is 0 Å². The van der Waals surface area contributed by atoms with Gasteiger partial charge in [0.05, 0.1) is 0 Å². The molecule has 0 atom stereocenters. The molecule has 2 heteroatoms. The molecule has 0 bridgehead atoms. The zero-order valence-corrected chi connectivity index (χ0v) is 21.7. The number of unbranched alkanes of at least 4 members (excludes halogenated alkanes) is 3. The molecule has 0 aliphatic heterocycles. The molecule has 3 aromatic rings. The van der Waals surface area contributed by atoms with Crippen LogP contribution in [0.4, 0.5) is 0 Å². The summed E-state index contributed by atoms with van der Waals surface area (Å²) in [6.07, 6.45) is 10.9. The van der Waals surface area contributed by atoms with E-state index in [1.807, 2.05) is 0 Å². The van der Waals surface area contributed by atoms with Crippen LogP contribution in [0.3, 0.4) is 0 Å². The van der Waals surface area contributed by atoms with Gasteiger partial charge in [-0.25, -0.2) is 0 Å². The number of nitrogens with zero attached hydrogens (tertiary/aromatic N) is 2. The second-order valence-corrected chi connectivity index (χ2v) is 9.80. The molecule has 0 aliphatic carbocycles. The molecule has 32 heavy (non-hydrogen) atoms. The average Bonchev–Trinajstić information content (AvgIpc) is 3.02. The van der Waals surface area contributed by atoms with Gasteiger partial charge in [-0.15, -0.1) is 0 Å². The fraction of sp³-hybridized carbons (Fsp3) is 0.500. The Balaban J connectivity index is 2.32. The molecule has 0 unspecified atom stereocenters. The van der Waals surface area contributed by atoms with E-state index in [4.69, 9.17) is 0 Å². The van der Waals surface area contributed by atoms with E-state index in [2.05, 4.69) is 95.1 Å². The van der Waals surface area contributed by atoms with E-state index < -0.39 is 0 Å². The molecule has 0 spiro atoms.